The monoisotopic (exact) mass is 514 g/mol. The van der Waals surface area contributed by atoms with Gasteiger partial charge in [0, 0.05) is 56.4 Å². The summed E-state index contributed by atoms with van der Waals surface area (Å²) in [5.74, 6) is 0.767. The zero-order valence-corrected chi connectivity index (χ0v) is 20.9. The van der Waals surface area contributed by atoms with Crippen LogP contribution in [0, 0.1) is 0 Å². The number of carbonyl (C=O) groups excluding carboxylic acids is 1. The topological polar surface area (TPSA) is 117 Å². The summed E-state index contributed by atoms with van der Waals surface area (Å²) in [6.07, 6.45) is 1.79. The van der Waals surface area contributed by atoms with Crippen LogP contribution < -0.4 is 19.7 Å². The minimum Gasteiger partial charge on any atom is -0.481 e. The van der Waals surface area contributed by atoms with Gasteiger partial charge in [0.15, 0.2) is 0 Å². The van der Waals surface area contributed by atoms with Gasteiger partial charge in [0.2, 0.25) is 21.8 Å². The van der Waals surface area contributed by atoms with Gasteiger partial charge in [-0.1, -0.05) is 0 Å². The average Bonchev–Trinajstić information content (AvgIpc) is 2.88. The lowest BCUT2D eigenvalue weighted by Gasteiger charge is -2.36. The number of thioether (sulfide) groups is 1. The summed E-state index contributed by atoms with van der Waals surface area (Å²) in [5.41, 5.74) is 3.20. The molecule has 184 valence electrons. The molecule has 1 fully saturated rings. The normalized spacial score (nSPS) is 16.7. The molecule has 1 aromatic carbocycles. The second kappa shape index (κ2) is 9.97. The number of benzene rings is 1. The van der Waals surface area contributed by atoms with Crippen molar-refractivity contribution in [3.8, 4) is 5.88 Å². The number of rotatable bonds is 7. The summed E-state index contributed by atoms with van der Waals surface area (Å²) in [4.78, 5) is 26.1. The fourth-order valence-electron chi connectivity index (χ4n) is 4.23. The van der Waals surface area contributed by atoms with Gasteiger partial charge in [-0.2, -0.15) is 0 Å². The number of hydrogen-bond donors (Lipinski definition) is 2. The van der Waals surface area contributed by atoms with Crippen LogP contribution >= 0.6 is 11.8 Å². The highest BCUT2D eigenvalue weighted by atomic mass is 32.2. The van der Waals surface area contributed by atoms with Crippen molar-refractivity contribution in [2.45, 2.75) is 9.79 Å². The lowest BCUT2D eigenvalue weighted by Crippen LogP contribution is -2.48. The van der Waals surface area contributed by atoms with Crippen LogP contribution in [-0.4, -0.2) is 81.3 Å². The molecule has 2 aliphatic heterocycles. The third-order valence-electron chi connectivity index (χ3n) is 6.07. The van der Waals surface area contributed by atoms with Crippen molar-refractivity contribution in [3.63, 3.8) is 0 Å². The lowest BCUT2D eigenvalue weighted by molar-refractivity contribution is -0.113. The first-order valence-corrected chi connectivity index (χ1v) is 13.7. The third-order valence-corrected chi connectivity index (χ3v) is 8.61. The Labute approximate surface area is 208 Å². The molecule has 0 atom stereocenters. The Bertz CT molecular complexity index is 1360. The van der Waals surface area contributed by atoms with Gasteiger partial charge < -0.3 is 15.0 Å². The maximum absolute atomic E-state index is 12.8. The molecule has 2 aliphatic rings. The van der Waals surface area contributed by atoms with Crippen molar-refractivity contribution < 1.29 is 17.9 Å². The minimum absolute atomic E-state index is 0.126. The van der Waals surface area contributed by atoms with Crippen molar-refractivity contribution in [1.82, 2.24) is 19.6 Å². The first-order chi connectivity index (χ1) is 16.9. The fourth-order valence-corrected chi connectivity index (χ4v) is 6.06. The number of hydrogen-bond acceptors (Lipinski definition) is 9. The van der Waals surface area contributed by atoms with Gasteiger partial charge in [-0.05, 0) is 30.3 Å². The Balaban J connectivity index is 1.17. The molecule has 1 saturated heterocycles. The number of nitrogens with zero attached hydrogens (tertiary/aromatic N) is 4. The predicted molar refractivity (Wildman–Crippen MR) is 136 cm³/mol. The summed E-state index contributed by atoms with van der Waals surface area (Å²) in [6, 6.07) is 10.5. The largest absolute Gasteiger partial charge is 0.481 e. The highest BCUT2D eigenvalue weighted by Crippen LogP contribution is 2.33. The highest BCUT2D eigenvalue weighted by Gasteiger charge is 2.22. The van der Waals surface area contributed by atoms with E-state index in [1.165, 1.54) is 17.8 Å². The van der Waals surface area contributed by atoms with E-state index in [2.05, 4.69) is 29.8 Å². The van der Waals surface area contributed by atoms with Gasteiger partial charge >= 0.3 is 0 Å². The van der Waals surface area contributed by atoms with E-state index in [1.54, 1.807) is 31.5 Å². The lowest BCUT2D eigenvalue weighted by atomic mass is 10.2. The second-order valence-corrected chi connectivity index (χ2v) is 11.1. The molecule has 2 N–H and O–H groups in total. The van der Waals surface area contributed by atoms with E-state index in [9.17, 15) is 13.2 Å². The van der Waals surface area contributed by atoms with Crippen LogP contribution in [0.25, 0.3) is 11.0 Å². The number of methoxy groups -OCH3 is 1. The second-order valence-electron chi connectivity index (χ2n) is 8.27. The quantitative estimate of drug-likeness (QED) is 0.487. The van der Waals surface area contributed by atoms with Crippen molar-refractivity contribution >= 4 is 50.1 Å². The summed E-state index contributed by atoms with van der Waals surface area (Å²) in [6.45, 7) is 4.11. The summed E-state index contributed by atoms with van der Waals surface area (Å²) < 4.78 is 33.5. The Morgan fingerprint density at radius 3 is 2.77 bits per heavy atom. The smallest absolute Gasteiger partial charge is 0.240 e. The van der Waals surface area contributed by atoms with Gasteiger partial charge in [-0.15, -0.1) is 11.8 Å². The van der Waals surface area contributed by atoms with E-state index >= 15 is 0 Å². The number of carbonyl (C=O) groups is 1. The molecule has 2 aromatic heterocycles. The molecule has 0 bridgehead atoms. The molecule has 1 amide bonds. The molecule has 12 heteroatoms. The Morgan fingerprint density at radius 2 is 1.97 bits per heavy atom. The summed E-state index contributed by atoms with van der Waals surface area (Å²) in [5, 5.41) is 2.73. The Morgan fingerprint density at radius 1 is 1.14 bits per heavy atom. The molecule has 0 unspecified atom stereocenters. The highest BCUT2D eigenvalue weighted by molar-refractivity contribution is 8.00. The van der Waals surface area contributed by atoms with Crippen LogP contribution in [0.5, 0.6) is 5.88 Å². The van der Waals surface area contributed by atoms with E-state index in [-0.39, 0.29) is 10.8 Å². The third kappa shape index (κ3) is 5.20. The van der Waals surface area contributed by atoms with Crippen LogP contribution in [0.15, 0.2) is 52.4 Å². The van der Waals surface area contributed by atoms with E-state index in [4.69, 9.17) is 4.74 Å². The van der Waals surface area contributed by atoms with E-state index in [1.807, 2.05) is 12.1 Å². The van der Waals surface area contributed by atoms with Crippen LogP contribution in [0.2, 0.25) is 0 Å². The molecule has 0 saturated carbocycles. The fraction of sp³-hybridized carbons (Fsp3) is 0.348. The number of pyridine rings is 2. The van der Waals surface area contributed by atoms with Gasteiger partial charge in [-0.25, -0.2) is 18.1 Å². The molecule has 10 nitrogen and oxygen atoms in total. The van der Waals surface area contributed by atoms with Crippen molar-refractivity contribution in [3.05, 3.63) is 42.6 Å². The average molecular weight is 515 g/mol. The van der Waals surface area contributed by atoms with Crippen LogP contribution in [0.1, 0.15) is 0 Å². The predicted octanol–water partition coefficient (Wildman–Crippen LogP) is 1.78. The molecular weight excluding hydrogens is 488 g/mol. The zero-order valence-electron chi connectivity index (χ0n) is 19.2. The number of ether oxygens (including phenoxy) is 1. The SMILES string of the molecule is COc1ccc2nccc(N3CCN(CCNS(=O)(=O)c4ccc5c(c4)NC(=O)CS5)CC3)c2n1. The number of anilines is 2. The number of piperazine rings is 1. The number of amides is 1. The minimum atomic E-state index is -3.67. The molecule has 3 aromatic rings. The Hall–Kier alpha value is -2.93. The van der Waals surface area contributed by atoms with Gasteiger partial charge in [0.25, 0.3) is 0 Å². The Kier molecular flexibility index (Phi) is 6.78. The first-order valence-electron chi connectivity index (χ1n) is 11.3. The number of aromatic nitrogens is 2. The van der Waals surface area contributed by atoms with Gasteiger partial charge in [-0.3, -0.25) is 14.7 Å². The molecule has 5 rings (SSSR count). The van der Waals surface area contributed by atoms with Gasteiger partial charge in [0.05, 0.1) is 34.6 Å². The maximum atomic E-state index is 12.8. The summed E-state index contributed by atoms with van der Waals surface area (Å²) in [7, 11) is -2.07. The molecule has 35 heavy (non-hydrogen) atoms. The first kappa shape index (κ1) is 23.8. The number of nitrogens with one attached hydrogen (secondary N) is 2. The number of sulfonamides is 1. The molecule has 4 heterocycles. The summed E-state index contributed by atoms with van der Waals surface area (Å²) >= 11 is 1.40. The number of fused-ring (bicyclic) bond motifs is 2. The van der Waals surface area contributed by atoms with Gasteiger partial charge in [0.1, 0.15) is 5.52 Å². The van der Waals surface area contributed by atoms with Crippen molar-refractivity contribution in [1.29, 1.82) is 0 Å². The zero-order chi connectivity index (χ0) is 24.4. The van der Waals surface area contributed by atoms with E-state index in [0.29, 0.717) is 30.4 Å². The van der Waals surface area contributed by atoms with Crippen LogP contribution in [0.3, 0.4) is 0 Å². The molecule has 0 radical (unpaired) electrons. The van der Waals surface area contributed by atoms with Crippen molar-refractivity contribution in [2.75, 3.05) is 62.3 Å². The standard InChI is InChI=1S/C23H26N6O4S2/c1-33-22-5-3-17-23(27-22)19(6-7-24-17)29-12-10-28(11-13-29)9-8-25-35(31,32)16-2-4-20-18(14-16)26-21(30)15-34-20/h2-7,14,25H,8-13,15H2,1H3,(H,26,30). The van der Waals surface area contributed by atoms with E-state index in [0.717, 1.165) is 47.8 Å². The molecule has 0 spiro atoms. The van der Waals surface area contributed by atoms with Crippen molar-refractivity contribution in [2.24, 2.45) is 0 Å². The molecule has 0 aliphatic carbocycles. The maximum Gasteiger partial charge on any atom is 0.240 e. The molecular formula is C23H26N6O4S2. The van der Waals surface area contributed by atoms with Crippen LogP contribution in [0.4, 0.5) is 11.4 Å². The van der Waals surface area contributed by atoms with E-state index < -0.39 is 10.0 Å². The van der Waals surface area contributed by atoms with Crippen LogP contribution in [-0.2, 0) is 14.8 Å².